The molecule has 1 aromatic rings. The second kappa shape index (κ2) is 6.65. The Morgan fingerprint density at radius 2 is 1.82 bits per heavy atom. The number of halogens is 1. The zero-order valence-electron chi connectivity index (χ0n) is 6.12. The lowest BCUT2D eigenvalue weighted by atomic mass is 10.4. The van der Waals surface area contributed by atoms with Gasteiger partial charge >= 0.3 is 0 Å². The van der Waals surface area contributed by atoms with E-state index in [0.29, 0.717) is 0 Å². The van der Waals surface area contributed by atoms with E-state index < -0.39 is 0 Å². The van der Waals surface area contributed by atoms with Gasteiger partial charge in [0.05, 0.1) is 0 Å². The number of benzene rings is 1. The summed E-state index contributed by atoms with van der Waals surface area (Å²) in [5.74, 6) is -0.178. The minimum absolute atomic E-state index is 0.178. The van der Waals surface area contributed by atoms with Crippen molar-refractivity contribution in [1.29, 1.82) is 0 Å². The SMILES string of the molecule is CN=C=O.Fc1ccccc1. The van der Waals surface area contributed by atoms with E-state index in [1.807, 2.05) is 0 Å². The quantitative estimate of drug-likeness (QED) is 0.412. The molecule has 0 fully saturated rings. The largest absolute Gasteiger partial charge is 0.234 e. The second-order valence-electron chi connectivity index (χ2n) is 1.61. The van der Waals surface area contributed by atoms with Crippen LogP contribution in [-0.4, -0.2) is 13.1 Å². The van der Waals surface area contributed by atoms with Crippen LogP contribution in [0.4, 0.5) is 4.39 Å². The maximum atomic E-state index is 11.9. The molecule has 0 saturated heterocycles. The molecular weight excluding hydrogens is 145 g/mol. The lowest BCUT2D eigenvalue weighted by Crippen LogP contribution is -1.63. The Labute approximate surface area is 64.4 Å². The van der Waals surface area contributed by atoms with Crippen molar-refractivity contribution >= 4 is 6.08 Å². The van der Waals surface area contributed by atoms with Crippen molar-refractivity contribution in [3.8, 4) is 0 Å². The molecule has 58 valence electrons. The van der Waals surface area contributed by atoms with Crippen LogP contribution in [0.5, 0.6) is 0 Å². The van der Waals surface area contributed by atoms with E-state index in [4.69, 9.17) is 4.79 Å². The molecule has 0 aliphatic heterocycles. The highest BCUT2D eigenvalue weighted by Crippen LogP contribution is 1.91. The van der Waals surface area contributed by atoms with E-state index in [-0.39, 0.29) is 5.82 Å². The van der Waals surface area contributed by atoms with E-state index in [1.54, 1.807) is 18.2 Å². The highest BCUT2D eigenvalue weighted by molar-refractivity contribution is 5.32. The fraction of sp³-hybridized carbons (Fsp3) is 0.125. The molecule has 0 saturated carbocycles. The van der Waals surface area contributed by atoms with E-state index >= 15 is 0 Å². The molecule has 0 heterocycles. The van der Waals surface area contributed by atoms with Gasteiger partial charge < -0.3 is 0 Å². The van der Waals surface area contributed by atoms with Gasteiger partial charge in [0.15, 0.2) is 0 Å². The fourth-order valence-electron chi connectivity index (χ4n) is 0.415. The number of isocyanates is 1. The van der Waals surface area contributed by atoms with Crippen LogP contribution in [0.15, 0.2) is 35.3 Å². The van der Waals surface area contributed by atoms with Gasteiger partial charge in [-0.1, -0.05) is 18.2 Å². The first-order chi connectivity index (χ1) is 5.31. The number of rotatable bonds is 0. The second-order valence-corrected chi connectivity index (χ2v) is 1.61. The van der Waals surface area contributed by atoms with Crippen LogP contribution in [0.3, 0.4) is 0 Å². The van der Waals surface area contributed by atoms with Gasteiger partial charge in [-0.2, -0.15) is 0 Å². The fourth-order valence-corrected chi connectivity index (χ4v) is 0.415. The molecule has 0 radical (unpaired) electrons. The highest BCUT2D eigenvalue weighted by Gasteiger charge is 1.77. The third-order valence-electron chi connectivity index (χ3n) is 0.824. The molecule has 0 aliphatic carbocycles. The van der Waals surface area contributed by atoms with Crippen LogP contribution < -0.4 is 0 Å². The van der Waals surface area contributed by atoms with E-state index in [9.17, 15) is 4.39 Å². The predicted octanol–water partition coefficient (Wildman–Crippen LogP) is 1.78. The van der Waals surface area contributed by atoms with Crippen LogP contribution in [0.2, 0.25) is 0 Å². The maximum Gasteiger partial charge on any atom is 0.234 e. The molecule has 1 aromatic carbocycles. The van der Waals surface area contributed by atoms with E-state index in [1.165, 1.54) is 25.3 Å². The molecule has 0 atom stereocenters. The van der Waals surface area contributed by atoms with Gasteiger partial charge in [-0.25, -0.2) is 14.2 Å². The van der Waals surface area contributed by atoms with E-state index in [0.717, 1.165) is 0 Å². The molecule has 0 unspecified atom stereocenters. The molecular formula is C8H8FNO. The molecule has 0 N–H and O–H groups in total. The van der Waals surface area contributed by atoms with Gasteiger partial charge in [-0.05, 0) is 12.1 Å². The summed E-state index contributed by atoms with van der Waals surface area (Å²) in [6.45, 7) is 0. The average Bonchev–Trinajstić information content (AvgIpc) is 2.07. The predicted molar refractivity (Wildman–Crippen MR) is 40.4 cm³/mol. The number of hydrogen-bond donors (Lipinski definition) is 0. The first-order valence-corrected chi connectivity index (χ1v) is 2.97. The molecule has 11 heavy (non-hydrogen) atoms. The summed E-state index contributed by atoms with van der Waals surface area (Å²) in [7, 11) is 1.38. The summed E-state index contributed by atoms with van der Waals surface area (Å²) < 4.78 is 11.9. The maximum absolute atomic E-state index is 11.9. The first kappa shape index (κ1) is 9.53. The van der Waals surface area contributed by atoms with Crippen LogP contribution in [0, 0.1) is 5.82 Å². The highest BCUT2D eigenvalue weighted by atomic mass is 19.1. The number of hydrogen-bond acceptors (Lipinski definition) is 2. The summed E-state index contributed by atoms with van der Waals surface area (Å²) in [5, 5.41) is 0. The monoisotopic (exact) mass is 153 g/mol. The van der Waals surface area contributed by atoms with Crippen LogP contribution in [-0.2, 0) is 4.79 Å². The Bertz CT molecular complexity index is 229. The molecule has 2 nitrogen and oxygen atoms in total. The van der Waals surface area contributed by atoms with Crippen molar-refractivity contribution in [3.63, 3.8) is 0 Å². The van der Waals surface area contributed by atoms with Gasteiger partial charge in [0.25, 0.3) is 0 Å². The molecule has 0 spiro atoms. The average molecular weight is 153 g/mol. The molecule has 1 rings (SSSR count). The Balaban J connectivity index is 0.000000218. The molecule has 0 aromatic heterocycles. The zero-order valence-corrected chi connectivity index (χ0v) is 6.12. The van der Waals surface area contributed by atoms with Crippen LogP contribution in [0.25, 0.3) is 0 Å². The van der Waals surface area contributed by atoms with Gasteiger partial charge in [0, 0.05) is 7.05 Å². The lowest BCUT2D eigenvalue weighted by molar-refractivity contribution is 0.564. The first-order valence-electron chi connectivity index (χ1n) is 2.97. The number of carbonyl (C=O) groups excluding carboxylic acids is 1. The molecule has 0 amide bonds. The number of nitrogens with zero attached hydrogens (tertiary/aromatic N) is 1. The standard InChI is InChI=1S/C6H5F.C2H3NO/c7-6-4-2-1-3-5-6;1-3-2-4/h1-5H;1H3. The Hall–Kier alpha value is -1.47. The van der Waals surface area contributed by atoms with Gasteiger partial charge in [0.1, 0.15) is 5.82 Å². The third kappa shape index (κ3) is 6.41. The summed E-state index contributed by atoms with van der Waals surface area (Å²) in [6, 6.07) is 7.94. The van der Waals surface area contributed by atoms with Gasteiger partial charge in [-0.3, -0.25) is 0 Å². The van der Waals surface area contributed by atoms with E-state index in [2.05, 4.69) is 4.99 Å². The van der Waals surface area contributed by atoms with Crippen molar-refractivity contribution in [2.45, 2.75) is 0 Å². The summed E-state index contributed by atoms with van der Waals surface area (Å²) in [4.78, 5) is 11.8. The summed E-state index contributed by atoms with van der Waals surface area (Å²) in [6.07, 6.45) is 1.31. The number of aliphatic imine (C=N–C) groups is 1. The third-order valence-corrected chi connectivity index (χ3v) is 0.824. The lowest BCUT2D eigenvalue weighted by Gasteiger charge is -1.78. The zero-order chi connectivity index (χ0) is 8.53. The minimum Gasteiger partial charge on any atom is -0.211 e. The minimum atomic E-state index is -0.178. The molecule has 3 heteroatoms. The van der Waals surface area contributed by atoms with Crippen LogP contribution in [0.1, 0.15) is 0 Å². The van der Waals surface area contributed by atoms with Gasteiger partial charge in [0.2, 0.25) is 6.08 Å². The Morgan fingerprint density at radius 3 is 2.00 bits per heavy atom. The summed E-state index contributed by atoms with van der Waals surface area (Å²) >= 11 is 0. The van der Waals surface area contributed by atoms with Crippen molar-refractivity contribution < 1.29 is 9.18 Å². The van der Waals surface area contributed by atoms with Gasteiger partial charge in [-0.15, -0.1) is 0 Å². The van der Waals surface area contributed by atoms with Crippen LogP contribution >= 0.6 is 0 Å². The van der Waals surface area contributed by atoms with Crippen molar-refractivity contribution in [1.82, 2.24) is 0 Å². The topological polar surface area (TPSA) is 29.4 Å². The Kier molecular flexibility index (Phi) is 5.76. The Morgan fingerprint density at radius 1 is 1.36 bits per heavy atom. The molecule has 0 bridgehead atoms. The normalized spacial score (nSPS) is 7.09. The summed E-state index contributed by atoms with van der Waals surface area (Å²) in [5.41, 5.74) is 0. The van der Waals surface area contributed by atoms with Crippen molar-refractivity contribution in [3.05, 3.63) is 36.1 Å². The smallest absolute Gasteiger partial charge is 0.211 e. The van der Waals surface area contributed by atoms with Crippen molar-refractivity contribution in [2.75, 3.05) is 7.05 Å². The molecule has 0 aliphatic rings. The van der Waals surface area contributed by atoms with Crippen molar-refractivity contribution in [2.24, 2.45) is 4.99 Å².